The lowest BCUT2D eigenvalue weighted by Gasteiger charge is -2.37. The number of benzene rings is 1. The van der Waals surface area contributed by atoms with E-state index in [1.807, 2.05) is 25.6 Å². The fourth-order valence-electron chi connectivity index (χ4n) is 2.60. The molecule has 1 aromatic rings. The third-order valence-corrected chi connectivity index (χ3v) is 7.65. The number of hydrogen-bond donors (Lipinski definition) is 1. The Balaban J connectivity index is 2.53. The van der Waals surface area contributed by atoms with Crippen molar-refractivity contribution in [1.82, 2.24) is 4.31 Å². The molecule has 6 heteroatoms. The number of anilines is 1. The molecule has 1 aliphatic heterocycles. The quantitative estimate of drug-likeness (QED) is 0.852. The van der Waals surface area contributed by atoms with Gasteiger partial charge in [0.05, 0.1) is 4.90 Å². The summed E-state index contributed by atoms with van der Waals surface area (Å²) in [5, 5.41) is 0.306. The molecule has 1 heterocycles. The van der Waals surface area contributed by atoms with E-state index in [2.05, 4.69) is 6.92 Å². The number of sulfonamides is 1. The molecule has 1 saturated heterocycles. The summed E-state index contributed by atoms with van der Waals surface area (Å²) in [5.41, 5.74) is 7.83. The van der Waals surface area contributed by atoms with Gasteiger partial charge in [0.1, 0.15) is 0 Å². The first kappa shape index (κ1) is 15.7. The van der Waals surface area contributed by atoms with Crippen LogP contribution < -0.4 is 5.73 Å². The first-order chi connectivity index (χ1) is 9.26. The van der Waals surface area contributed by atoms with Crippen molar-refractivity contribution in [3.63, 3.8) is 0 Å². The standard InChI is InChI=1S/C14H22N2O2S2/c1-9-5-6-13(15)10(2)14(9)20(17,18)16-7-8-19-12(4)11(16)3/h5-6,11-12H,7-8,15H2,1-4H3. The van der Waals surface area contributed by atoms with Crippen LogP contribution in [0.15, 0.2) is 17.0 Å². The van der Waals surface area contributed by atoms with E-state index in [-0.39, 0.29) is 6.04 Å². The summed E-state index contributed by atoms with van der Waals surface area (Å²) in [7, 11) is -3.49. The van der Waals surface area contributed by atoms with Crippen LogP contribution in [-0.4, -0.2) is 36.3 Å². The predicted octanol–water partition coefficient (Wildman–Crippen LogP) is 2.40. The molecule has 0 aromatic heterocycles. The Labute approximate surface area is 125 Å². The summed E-state index contributed by atoms with van der Waals surface area (Å²) in [5.74, 6) is 0.838. The van der Waals surface area contributed by atoms with Crippen LogP contribution in [0, 0.1) is 13.8 Å². The van der Waals surface area contributed by atoms with E-state index in [1.165, 1.54) is 0 Å². The monoisotopic (exact) mass is 314 g/mol. The first-order valence-electron chi connectivity index (χ1n) is 6.76. The highest BCUT2D eigenvalue weighted by molar-refractivity contribution is 8.00. The van der Waals surface area contributed by atoms with Gasteiger partial charge in [-0.15, -0.1) is 0 Å². The van der Waals surface area contributed by atoms with Crippen molar-refractivity contribution in [2.24, 2.45) is 0 Å². The van der Waals surface area contributed by atoms with Gasteiger partial charge in [-0.1, -0.05) is 13.0 Å². The molecule has 1 aromatic carbocycles. The molecule has 2 rings (SSSR count). The number of rotatable bonds is 2. The van der Waals surface area contributed by atoms with E-state index in [0.717, 1.165) is 11.3 Å². The van der Waals surface area contributed by atoms with Crippen molar-refractivity contribution in [2.75, 3.05) is 18.0 Å². The molecule has 0 radical (unpaired) electrons. The molecule has 2 atom stereocenters. The molecule has 2 unspecified atom stereocenters. The lowest BCUT2D eigenvalue weighted by atomic mass is 10.1. The highest BCUT2D eigenvalue weighted by atomic mass is 32.2. The molecule has 0 bridgehead atoms. The third-order valence-electron chi connectivity index (χ3n) is 4.04. The predicted molar refractivity (Wildman–Crippen MR) is 85.6 cm³/mol. The minimum Gasteiger partial charge on any atom is -0.398 e. The molecule has 0 amide bonds. The average Bonchev–Trinajstić information content (AvgIpc) is 2.37. The van der Waals surface area contributed by atoms with Gasteiger partial charge in [-0.3, -0.25) is 0 Å². The van der Waals surface area contributed by atoms with Gasteiger partial charge in [-0.05, 0) is 38.0 Å². The van der Waals surface area contributed by atoms with Gasteiger partial charge in [0.15, 0.2) is 0 Å². The van der Waals surface area contributed by atoms with Crippen LogP contribution in [0.5, 0.6) is 0 Å². The summed E-state index contributed by atoms with van der Waals surface area (Å²) >= 11 is 1.82. The minimum atomic E-state index is -3.49. The van der Waals surface area contributed by atoms with Gasteiger partial charge in [0.2, 0.25) is 10.0 Å². The summed E-state index contributed by atoms with van der Waals surface area (Å²) in [6.07, 6.45) is 0. The Bertz CT molecular complexity index is 614. The maximum absolute atomic E-state index is 13.0. The lowest BCUT2D eigenvalue weighted by Crippen LogP contribution is -2.48. The van der Waals surface area contributed by atoms with Crippen molar-refractivity contribution in [1.29, 1.82) is 0 Å². The van der Waals surface area contributed by atoms with Crippen molar-refractivity contribution < 1.29 is 8.42 Å². The number of nitrogens with two attached hydrogens (primary N) is 1. The van der Waals surface area contributed by atoms with E-state index >= 15 is 0 Å². The summed E-state index contributed by atoms with van der Waals surface area (Å²) in [6, 6.07) is 3.54. The zero-order valence-corrected chi connectivity index (χ0v) is 14.0. The molecule has 2 N–H and O–H groups in total. The summed E-state index contributed by atoms with van der Waals surface area (Å²) in [4.78, 5) is 0.378. The second kappa shape index (κ2) is 5.58. The van der Waals surface area contributed by atoms with E-state index in [9.17, 15) is 8.42 Å². The molecular weight excluding hydrogens is 292 g/mol. The fraction of sp³-hybridized carbons (Fsp3) is 0.571. The fourth-order valence-corrected chi connectivity index (χ4v) is 6.06. The topological polar surface area (TPSA) is 63.4 Å². The van der Waals surface area contributed by atoms with E-state index in [0.29, 0.717) is 27.9 Å². The van der Waals surface area contributed by atoms with Crippen molar-refractivity contribution in [3.05, 3.63) is 23.3 Å². The zero-order valence-electron chi connectivity index (χ0n) is 12.4. The Morgan fingerprint density at radius 2 is 1.95 bits per heavy atom. The third kappa shape index (κ3) is 2.56. The van der Waals surface area contributed by atoms with Crippen LogP contribution in [0.3, 0.4) is 0 Å². The van der Waals surface area contributed by atoms with Gasteiger partial charge >= 0.3 is 0 Å². The smallest absolute Gasteiger partial charge is 0.243 e. The van der Waals surface area contributed by atoms with Crippen LogP contribution >= 0.6 is 11.8 Å². The largest absolute Gasteiger partial charge is 0.398 e. The molecule has 20 heavy (non-hydrogen) atoms. The Morgan fingerprint density at radius 1 is 1.30 bits per heavy atom. The Kier molecular flexibility index (Phi) is 4.37. The van der Waals surface area contributed by atoms with Crippen LogP contribution in [0.25, 0.3) is 0 Å². The Morgan fingerprint density at radius 3 is 2.60 bits per heavy atom. The van der Waals surface area contributed by atoms with Crippen molar-refractivity contribution in [2.45, 2.75) is 43.9 Å². The second-order valence-corrected chi connectivity index (χ2v) is 8.67. The van der Waals surface area contributed by atoms with Crippen LogP contribution in [-0.2, 0) is 10.0 Å². The van der Waals surface area contributed by atoms with Crippen molar-refractivity contribution in [3.8, 4) is 0 Å². The molecule has 4 nitrogen and oxygen atoms in total. The summed E-state index contributed by atoms with van der Waals surface area (Å²) < 4.78 is 27.6. The minimum absolute atomic E-state index is 0.000944. The van der Waals surface area contributed by atoms with Crippen molar-refractivity contribution >= 4 is 27.5 Å². The molecule has 0 spiro atoms. The average molecular weight is 314 g/mol. The van der Waals surface area contributed by atoms with E-state index in [4.69, 9.17) is 5.73 Å². The Hall–Kier alpha value is -0.720. The van der Waals surface area contributed by atoms with Gasteiger partial charge in [-0.2, -0.15) is 16.1 Å². The molecule has 0 aliphatic carbocycles. The SMILES string of the molecule is Cc1ccc(N)c(C)c1S(=O)(=O)N1CCSC(C)C1C. The molecule has 112 valence electrons. The van der Waals surface area contributed by atoms with Gasteiger partial charge < -0.3 is 5.73 Å². The number of thioether (sulfide) groups is 1. The molecule has 0 saturated carbocycles. The maximum Gasteiger partial charge on any atom is 0.243 e. The van der Waals surface area contributed by atoms with Gasteiger partial charge in [0, 0.05) is 29.3 Å². The maximum atomic E-state index is 13.0. The highest BCUT2D eigenvalue weighted by Gasteiger charge is 2.36. The molecular formula is C14H22N2O2S2. The molecule has 1 fully saturated rings. The molecule has 1 aliphatic rings. The van der Waals surface area contributed by atoms with E-state index < -0.39 is 10.0 Å². The summed E-state index contributed by atoms with van der Waals surface area (Å²) in [6.45, 7) is 8.22. The second-order valence-electron chi connectivity index (χ2n) is 5.36. The van der Waals surface area contributed by atoms with Crippen LogP contribution in [0.2, 0.25) is 0 Å². The van der Waals surface area contributed by atoms with Crippen LogP contribution in [0.4, 0.5) is 5.69 Å². The number of nitrogen functional groups attached to an aromatic ring is 1. The van der Waals surface area contributed by atoms with E-state index in [1.54, 1.807) is 23.4 Å². The number of aryl methyl sites for hydroxylation is 1. The zero-order chi connectivity index (χ0) is 15.1. The van der Waals surface area contributed by atoms with Gasteiger partial charge in [0.25, 0.3) is 0 Å². The highest BCUT2D eigenvalue weighted by Crippen LogP contribution is 2.33. The van der Waals surface area contributed by atoms with Gasteiger partial charge in [-0.25, -0.2) is 8.42 Å². The number of hydrogen-bond acceptors (Lipinski definition) is 4. The lowest BCUT2D eigenvalue weighted by molar-refractivity contribution is 0.340. The van der Waals surface area contributed by atoms with Crippen LogP contribution in [0.1, 0.15) is 25.0 Å². The number of nitrogens with zero attached hydrogens (tertiary/aromatic N) is 1. The first-order valence-corrected chi connectivity index (χ1v) is 9.25. The normalized spacial score (nSPS) is 24.8.